The van der Waals surface area contributed by atoms with Crippen LogP contribution in [0.2, 0.25) is 5.02 Å². The van der Waals surface area contributed by atoms with Crippen LogP contribution in [-0.4, -0.2) is 16.1 Å². The van der Waals surface area contributed by atoms with Crippen LogP contribution >= 0.6 is 11.6 Å². The second-order valence-electron chi connectivity index (χ2n) is 5.15. The molecule has 0 atom stereocenters. The molecule has 2 N–H and O–H groups in total. The van der Waals surface area contributed by atoms with Gasteiger partial charge in [-0.05, 0) is 35.9 Å². The lowest BCUT2D eigenvalue weighted by Gasteiger charge is -2.07. The van der Waals surface area contributed by atoms with Crippen LogP contribution < -0.4 is 10.6 Å². The molecule has 0 aliphatic heterocycles. The van der Waals surface area contributed by atoms with Crippen molar-refractivity contribution >= 4 is 34.8 Å². The highest BCUT2D eigenvalue weighted by Gasteiger charge is 2.05. The second kappa shape index (κ2) is 7.57. The molecule has 0 aliphatic carbocycles. The van der Waals surface area contributed by atoms with E-state index < -0.39 is 0 Å². The number of rotatable bonds is 5. The zero-order chi connectivity index (χ0) is 16.8. The van der Waals surface area contributed by atoms with Crippen LogP contribution in [0.25, 0.3) is 0 Å². The van der Waals surface area contributed by atoms with Crippen LogP contribution in [0, 0.1) is 0 Å². The Hall–Kier alpha value is -2.92. The summed E-state index contributed by atoms with van der Waals surface area (Å²) in [6.07, 6.45) is 0.297. The van der Waals surface area contributed by atoms with E-state index >= 15 is 0 Å². The lowest BCUT2D eigenvalue weighted by molar-refractivity contribution is -0.115. The summed E-state index contributed by atoms with van der Waals surface area (Å²) in [4.78, 5) is 12.0. The maximum absolute atomic E-state index is 12.0. The molecule has 0 spiro atoms. The van der Waals surface area contributed by atoms with Crippen molar-refractivity contribution in [2.24, 2.45) is 0 Å². The lowest BCUT2D eigenvalue weighted by atomic mass is 10.1. The molecule has 1 amide bonds. The first-order chi connectivity index (χ1) is 11.7. The van der Waals surface area contributed by atoms with Crippen LogP contribution in [0.5, 0.6) is 0 Å². The molecule has 0 bridgehead atoms. The van der Waals surface area contributed by atoms with Crippen molar-refractivity contribution in [3.63, 3.8) is 0 Å². The normalized spacial score (nSPS) is 10.2. The van der Waals surface area contributed by atoms with Crippen molar-refractivity contribution < 1.29 is 4.79 Å². The maximum Gasteiger partial charge on any atom is 0.229 e. The average molecular weight is 339 g/mol. The van der Waals surface area contributed by atoms with Gasteiger partial charge in [-0.15, -0.1) is 10.2 Å². The fourth-order valence-electron chi connectivity index (χ4n) is 2.15. The first kappa shape index (κ1) is 16.0. The van der Waals surface area contributed by atoms with Gasteiger partial charge >= 0.3 is 0 Å². The first-order valence-corrected chi connectivity index (χ1v) is 7.77. The molecular weight excluding hydrogens is 324 g/mol. The van der Waals surface area contributed by atoms with Crippen molar-refractivity contribution in [3.05, 3.63) is 77.3 Å². The standard InChI is InChI=1S/C18H15ClN4O/c19-14-7-4-8-15(12-14)20-16-9-10-17(23-22-16)21-18(24)11-13-5-2-1-3-6-13/h1-10,12H,11H2,(H,20,22)(H,21,23,24). The van der Waals surface area contributed by atoms with Gasteiger partial charge in [0.1, 0.15) is 0 Å². The number of carbonyl (C=O) groups is 1. The third kappa shape index (κ3) is 4.54. The van der Waals surface area contributed by atoms with Gasteiger partial charge in [0, 0.05) is 10.7 Å². The Kier molecular flexibility index (Phi) is 5.03. The van der Waals surface area contributed by atoms with Crippen LogP contribution in [-0.2, 0) is 11.2 Å². The number of hydrogen-bond donors (Lipinski definition) is 2. The summed E-state index contributed by atoms with van der Waals surface area (Å²) < 4.78 is 0. The van der Waals surface area contributed by atoms with Crippen molar-refractivity contribution in [3.8, 4) is 0 Å². The molecule has 6 heteroatoms. The van der Waals surface area contributed by atoms with E-state index in [-0.39, 0.29) is 5.91 Å². The van der Waals surface area contributed by atoms with Gasteiger partial charge in [-0.3, -0.25) is 4.79 Å². The van der Waals surface area contributed by atoms with Crippen molar-refractivity contribution in [2.45, 2.75) is 6.42 Å². The molecule has 1 aromatic heterocycles. The first-order valence-electron chi connectivity index (χ1n) is 7.39. The van der Waals surface area contributed by atoms with E-state index in [1.165, 1.54) is 0 Å². The SMILES string of the molecule is O=C(Cc1ccccc1)Nc1ccc(Nc2cccc(Cl)c2)nn1. The molecule has 0 saturated heterocycles. The topological polar surface area (TPSA) is 66.9 Å². The lowest BCUT2D eigenvalue weighted by Crippen LogP contribution is -2.15. The molecule has 0 unspecified atom stereocenters. The summed E-state index contributed by atoms with van der Waals surface area (Å²) in [7, 11) is 0. The predicted molar refractivity (Wildman–Crippen MR) is 95.5 cm³/mol. The zero-order valence-electron chi connectivity index (χ0n) is 12.7. The minimum absolute atomic E-state index is 0.133. The highest BCUT2D eigenvalue weighted by Crippen LogP contribution is 2.18. The van der Waals surface area contributed by atoms with Crippen LogP contribution in [0.1, 0.15) is 5.56 Å². The van der Waals surface area contributed by atoms with Crippen LogP contribution in [0.3, 0.4) is 0 Å². The van der Waals surface area contributed by atoms with Gasteiger partial charge < -0.3 is 10.6 Å². The number of hydrogen-bond acceptors (Lipinski definition) is 4. The number of nitrogens with zero attached hydrogens (tertiary/aromatic N) is 2. The Bertz CT molecular complexity index is 822. The molecule has 3 rings (SSSR count). The van der Waals surface area contributed by atoms with Gasteiger partial charge in [-0.1, -0.05) is 48.0 Å². The van der Waals surface area contributed by atoms with Crippen molar-refractivity contribution in [1.29, 1.82) is 0 Å². The predicted octanol–water partition coefficient (Wildman–Crippen LogP) is 4.05. The van der Waals surface area contributed by atoms with E-state index in [0.717, 1.165) is 11.3 Å². The largest absolute Gasteiger partial charge is 0.339 e. The average Bonchev–Trinajstić information content (AvgIpc) is 2.57. The second-order valence-corrected chi connectivity index (χ2v) is 5.59. The highest BCUT2D eigenvalue weighted by molar-refractivity contribution is 6.30. The van der Waals surface area contributed by atoms with E-state index in [4.69, 9.17) is 11.6 Å². The van der Waals surface area contributed by atoms with E-state index in [1.807, 2.05) is 42.5 Å². The van der Waals surface area contributed by atoms with Gasteiger partial charge in [0.15, 0.2) is 11.6 Å². The van der Waals surface area contributed by atoms with Gasteiger partial charge in [0.25, 0.3) is 0 Å². The number of aromatic nitrogens is 2. The minimum Gasteiger partial charge on any atom is -0.339 e. The molecule has 0 aliphatic rings. The van der Waals surface area contributed by atoms with E-state index in [9.17, 15) is 4.79 Å². The van der Waals surface area contributed by atoms with Gasteiger partial charge in [-0.25, -0.2) is 0 Å². The Morgan fingerprint density at radius 1 is 0.917 bits per heavy atom. The van der Waals surface area contributed by atoms with Gasteiger partial charge in [-0.2, -0.15) is 0 Å². The summed E-state index contributed by atoms with van der Waals surface area (Å²) >= 11 is 5.94. The van der Waals surface area contributed by atoms with Crippen molar-refractivity contribution in [2.75, 3.05) is 10.6 Å². The molecule has 5 nitrogen and oxygen atoms in total. The summed E-state index contributed by atoms with van der Waals surface area (Å²) in [5.41, 5.74) is 1.76. The molecule has 3 aromatic rings. The van der Waals surface area contributed by atoms with Gasteiger partial charge in [0.05, 0.1) is 6.42 Å². The Labute approximate surface area is 144 Å². The number of benzene rings is 2. The molecule has 0 radical (unpaired) electrons. The fourth-order valence-corrected chi connectivity index (χ4v) is 2.34. The van der Waals surface area contributed by atoms with Crippen LogP contribution in [0.15, 0.2) is 66.7 Å². The third-order valence-corrected chi connectivity index (χ3v) is 3.47. The number of nitrogens with one attached hydrogen (secondary N) is 2. The molecule has 1 heterocycles. The van der Waals surface area contributed by atoms with E-state index in [0.29, 0.717) is 23.1 Å². The molecular formula is C18H15ClN4O. The number of halogens is 1. The van der Waals surface area contributed by atoms with E-state index in [2.05, 4.69) is 20.8 Å². The van der Waals surface area contributed by atoms with E-state index in [1.54, 1.807) is 24.3 Å². The molecule has 0 saturated carbocycles. The molecule has 120 valence electrons. The smallest absolute Gasteiger partial charge is 0.229 e. The monoisotopic (exact) mass is 338 g/mol. The van der Waals surface area contributed by atoms with Crippen molar-refractivity contribution in [1.82, 2.24) is 10.2 Å². The maximum atomic E-state index is 12.0. The quantitative estimate of drug-likeness (QED) is 0.736. The summed E-state index contributed by atoms with van der Waals surface area (Å²) in [5, 5.41) is 14.5. The molecule has 0 fully saturated rings. The Morgan fingerprint density at radius 2 is 1.67 bits per heavy atom. The number of amides is 1. The van der Waals surface area contributed by atoms with Crippen LogP contribution in [0.4, 0.5) is 17.3 Å². The Balaban J connectivity index is 1.59. The summed E-state index contributed by atoms with van der Waals surface area (Å²) in [6.45, 7) is 0. The number of carbonyl (C=O) groups excluding carboxylic acids is 1. The minimum atomic E-state index is -0.133. The Morgan fingerprint density at radius 3 is 2.38 bits per heavy atom. The summed E-state index contributed by atoms with van der Waals surface area (Å²) in [6, 6.07) is 20.3. The number of anilines is 3. The van der Waals surface area contributed by atoms with Gasteiger partial charge in [0.2, 0.25) is 5.91 Å². The highest BCUT2D eigenvalue weighted by atomic mass is 35.5. The fraction of sp³-hybridized carbons (Fsp3) is 0.0556. The zero-order valence-corrected chi connectivity index (χ0v) is 13.5. The summed E-state index contributed by atoms with van der Waals surface area (Å²) in [5.74, 6) is 0.844. The molecule has 2 aromatic carbocycles. The molecule has 24 heavy (non-hydrogen) atoms. The third-order valence-electron chi connectivity index (χ3n) is 3.24.